The van der Waals surface area contributed by atoms with Crippen LogP contribution in [0.15, 0.2) is 85.1 Å². The van der Waals surface area contributed by atoms with E-state index >= 15 is 0 Å². The van der Waals surface area contributed by atoms with Gasteiger partial charge in [0.25, 0.3) is 0 Å². The Kier molecular flexibility index (Phi) is 48.5. The van der Waals surface area contributed by atoms with Crippen LogP contribution in [-0.4, -0.2) is 37.2 Å². The molecule has 63 heavy (non-hydrogen) atoms. The van der Waals surface area contributed by atoms with Gasteiger partial charge in [-0.1, -0.05) is 241 Å². The van der Waals surface area contributed by atoms with Gasteiger partial charge in [0.05, 0.1) is 0 Å². The van der Waals surface area contributed by atoms with E-state index in [2.05, 4.69) is 57.2 Å². The van der Waals surface area contributed by atoms with Crippen molar-refractivity contribution in [2.45, 2.75) is 245 Å². The van der Waals surface area contributed by atoms with Crippen molar-refractivity contribution in [1.82, 2.24) is 0 Å². The van der Waals surface area contributed by atoms with E-state index in [9.17, 15) is 14.4 Å². The van der Waals surface area contributed by atoms with E-state index in [1.54, 1.807) is 0 Å². The van der Waals surface area contributed by atoms with Crippen molar-refractivity contribution in [2.24, 2.45) is 0 Å². The van der Waals surface area contributed by atoms with Gasteiger partial charge < -0.3 is 14.2 Å². The molecule has 0 N–H and O–H groups in total. The number of hydrogen-bond acceptors (Lipinski definition) is 6. The summed E-state index contributed by atoms with van der Waals surface area (Å²) in [5.74, 6) is -0.944. The van der Waals surface area contributed by atoms with Gasteiger partial charge in [-0.25, -0.2) is 0 Å². The Morgan fingerprint density at radius 2 is 0.698 bits per heavy atom. The summed E-state index contributed by atoms with van der Waals surface area (Å²) in [6.45, 7) is 6.35. The maximum atomic E-state index is 12.8. The molecule has 0 aromatic rings. The summed E-state index contributed by atoms with van der Waals surface area (Å²) in [7, 11) is 0. The van der Waals surface area contributed by atoms with Crippen LogP contribution < -0.4 is 0 Å². The Labute approximate surface area is 388 Å². The van der Waals surface area contributed by atoms with Crippen molar-refractivity contribution in [2.75, 3.05) is 13.2 Å². The fraction of sp³-hybridized carbons (Fsp3) is 0.702. The van der Waals surface area contributed by atoms with E-state index in [4.69, 9.17) is 14.2 Å². The Balaban J connectivity index is 4.45. The first-order valence-electron chi connectivity index (χ1n) is 26.2. The molecule has 1 atom stereocenters. The quantitative estimate of drug-likeness (QED) is 0.0199. The van der Waals surface area contributed by atoms with Crippen LogP contribution >= 0.6 is 0 Å². The average Bonchev–Trinajstić information content (AvgIpc) is 3.28. The number of unbranched alkanes of at least 4 members (excludes halogenated alkanes) is 25. The molecule has 0 aromatic heterocycles. The minimum atomic E-state index is -0.800. The summed E-state index contributed by atoms with van der Waals surface area (Å²) in [6, 6.07) is 0. The predicted molar refractivity (Wildman–Crippen MR) is 270 cm³/mol. The highest BCUT2D eigenvalue weighted by molar-refractivity contribution is 5.71. The number of esters is 3. The maximum Gasteiger partial charge on any atom is 0.306 e. The average molecular weight is 877 g/mol. The SMILES string of the molecule is CC\C=C/C=C\C=C/C=C\C=C/CCCCCC(=O)OC(COC(=O)CCCCCCCCC/C=C\C/C=C\CC)COC(=O)CCCCCCCCCCCCCCCCCC. The smallest absolute Gasteiger partial charge is 0.306 e. The van der Waals surface area contributed by atoms with E-state index in [1.807, 2.05) is 48.6 Å². The van der Waals surface area contributed by atoms with Crippen molar-refractivity contribution in [1.29, 1.82) is 0 Å². The molecule has 0 fully saturated rings. The molecule has 0 radical (unpaired) electrons. The van der Waals surface area contributed by atoms with Gasteiger partial charge >= 0.3 is 17.9 Å². The van der Waals surface area contributed by atoms with Gasteiger partial charge in [0.2, 0.25) is 0 Å². The standard InChI is InChI=1S/C57H96O6/c1-4-7-10-13-16-19-22-25-28-30-32-35-38-41-44-47-50-56(59)62-53-54(52-61-55(58)49-46-43-40-37-34-31-27-24-21-18-15-12-9-6-3)63-57(60)51-48-45-42-39-36-33-29-26-23-20-17-14-11-8-5-2/h8-9,11-12,14,17-18,20-21,23,26,29,33,36,54H,4-7,10,13,15-16,19,22,24-25,27-28,30-32,34-35,37-53H2,1-3H3/b11-8-,12-9-,17-14-,21-18-,23-20-,29-26-,36-33-. The molecule has 6 heteroatoms. The van der Waals surface area contributed by atoms with Gasteiger partial charge in [-0.2, -0.15) is 0 Å². The van der Waals surface area contributed by atoms with Crippen LogP contribution in [0, 0.1) is 0 Å². The molecule has 0 amide bonds. The number of ether oxygens (including phenoxy) is 3. The van der Waals surface area contributed by atoms with Gasteiger partial charge in [0, 0.05) is 19.3 Å². The zero-order chi connectivity index (χ0) is 45.8. The topological polar surface area (TPSA) is 78.9 Å². The fourth-order valence-corrected chi connectivity index (χ4v) is 7.15. The van der Waals surface area contributed by atoms with Crippen molar-refractivity contribution < 1.29 is 28.6 Å². The minimum Gasteiger partial charge on any atom is -0.462 e. The zero-order valence-electron chi connectivity index (χ0n) is 41.1. The van der Waals surface area contributed by atoms with Crippen molar-refractivity contribution >= 4 is 17.9 Å². The molecule has 0 aliphatic carbocycles. The number of rotatable bonds is 46. The Morgan fingerprint density at radius 1 is 0.349 bits per heavy atom. The van der Waals surface area contributed by atoms with E-state index in [0.717, 1.165) is 83.5 Å². The van der Waals surface area contributed by atoms with E-state index in [-0.39, 0.29) is 37.5 Å². The third kappa shape index (κ3) is 49.5. The highest BCUT2D eigenvalue weighted by atomic mass is 16.6. The predicted octanol–water partition coefficient (Wildman–Crippen LogP) is 17.2. The molecule has 0 bridgehead atoms. The summed E-state index contributed by atoms with van der Waals surface area (Å²) < 4.78 is 16.8. The normalized spacial score (nSPS) is 12.7. The lowest BCUT2D eigenvalue weighted by Crippen LogP contribution is -2.30. The fourth-order valence-electron chi connectivity index (χ4n) is 7.15. The van der Waals surface area contributed by atoms with Crippen molar-refractivity contribution in [3.05, 3.63) is 85.1 Å². The first kappa shape index (κ1) is 59.6. The summed E-state index contributed by atoms with van der Waals surface area (Å²) in [5.41, 5.74) is 0. The third-order valence-corrected chi connectivity index (χ3v) is 11.0. The summed E-state index contributed by atoms with van der Waals surface area (Å²) in [5, 5.41) is 0. The molecule has 0 aliphatic rings. The molecule has 0 aromatic carbocycles. The molecule has 0 saturated heterocycles. The summed E-state index contributed by atoms with van der Waals surface area (Å²) in [6.07, 6.45) is 65.7. The van der Waals surface area contributed by atoms with E-state index in [0.29, 0.717) is 19.3 Å². The second-order valence-corrected chi connectivity index (χ2v) is 17.2. The van der Waals surface area contributed by atoms with Crippen LogP contribution in [-0.2, 0) is 28.6 Å². The Morgan fingerprint density at radius 3 is 1.16 bits per heavy atom. The van der Waals surface area contributed by atoms with Crippen LogP contribution in [0.5, 0.6) is 0 Å². The molecule has 360 valence electrons. The molecule has 6 nitrogen and oxygen atoms in total. The molecule has 0 rings (SSSR count). The Bertz CT molecular complexity index is 1240. The van der Waals surface area contributed by atoms with E-state index in [1.165, 1.54) is 109 Å². The summed E-state index contributed by atoms with van der Waals surface area (Å²) >= 11 is 0. The first-order valence-corrected chi connectivity index (χ1v) is 26.2. The molecule has 0 saturated carbocycles. The minimum absolute atomic E-state index is 0.0951. The largest absolute Gasteiger partial charge is 0.462 e. The summed E-state index contributed by atoms with van der Waals surface area (Å²) in [4.78, 5) is 38.0. The van der Waals surface area contributed by atoms with Gasteiger partial charge in [-0.15, -0.1) is 0 Å². The molecule has 0 aliphatic heterocycles. The van der Waals surface area contributed by atoms with Crippen LogP contribution in [0.2, 0.25) is 0 Å². The second kappa shape index (κ2) is 51.2. The first-order chi connectivity index (χ1) is 31.0. The monoisotopic (exact) mass is 877 g/mol. The van der Waals surface area contributed by atoms with Gasteiger partial charge in [0.1, 0.15) is 13.2 Å². The lowest BCUT2D eigenvalue weighted by atomic mass is 10.0. The van der Waals surface area contributed by atoms with Crippen LogP contribution in [0.3, 0.4) is 0 Å². The zero-order valence-corrected chi connectivity index (χ0v) is 41.1. The van der Waals surface area contributed by atoms with E-state index < -0.39 is 6.10 Å². The number of carbonyl (C=O) groups excluding carboxylic acids is 3. The van der Waals surface area contributed by atoms with Crippen molar-refractivity contribution in [3.63, 3.8) is 0 Å². The van der Waals surface area contributed by atoms with Crippen LogP contribution in [0.1, 0.15) is 239 Å². The molecule has 1 unspecified atom stereocenters. The Hall–Kier alpha value is -3.41. The highest BCUT2D eigenvalue weighted by Crippen LogP contribution is 2.15. The lowest BCUT2D eigenvalue weighted by molar-refractivity contribution is -0.167. The maximum absolute atomic E-state index is 12.8. The van der Waals surface area contributed by atoms with Crippen molar-refractivity contribution in [3.8, 4) is 0 Å². The molecule has 0 heterocycles. The number of hydrogen-bond donors (Lipinski definition) is 0. The molecule has 0 spiro atoms. The van der Waals surface area contributed by atoms with Crippen LogP contribution in [0.25, 0.3) is 0 Å². The van der Waals surface area contributed by atoms with Gasteiger partial charge in [-0.05, 0) is 64.2 Å². The lowest BCUT2D eigenvalue weighted by Gasteiger charge is -2.18. The molecular formula is C57H96O6. The van der Waals surface area contributed by atoms with Crippen LogP contribution in [0.4, 0.5) is 0 Å². The second-order valence-electron chi connectivity index (χ2n) is 17.2. The van der Waals surface area contributed by atoms with Gasteiger partial charge in [-0.3, -0.25) is 14.4 Å². The third-order valence-electron chi connectivity index (χ3n) is 11.0. The van der Waals surface area contributed by atoms with Gasteiger partial charge in [0.15, 0.2) is 6.10 Å². The molecular weight excluding hydrogens is 781 g/mol. The number of allylic oxidation sites excluding steroid dienone is 14. The number of carbonyl (C=O) groups is 3. The highest BCUT2D eigenvalue weighted by Gasteiger charge is 2.19.